The van der Waals surface area contributed by atoms with Crippen molar-refractivity contribution in [1.29, 1.82) is 0 Å². The van der Waals surface area contributed by atoms with E-state index in [0.717, 1.165) is 19.3 Å². The molecule has 0 spiro atoms. The molecule has 3 aliphatic rings. The maximum Gasteiger partial charge on any atom is 0.334 e. The van der Waals surface area contributed by atoms with Gasteiger partial charge >= 0.3 is 5.97 Å². The first kappa shape index (κ1) is 11.1. The van der Waals surface area contributed by atoms with Gasteiger partial charge in [0, 0.05) is 11.5 Å². The van der Waals surface area contributed by atoms with Crippen LogP contribution in [0.2, 0.25) is 0 Å². The molecule has 1 aliphatic heterocycles. The summed E-state index contributed by atoms with van der Waals surface area (Å²) in [5.74, 6) is 0.632. The molecule has 0 radical (unpaired) electrons. The van der Waals surface area contributed by atoms with Crippen molar-refractivity contribution in [2.24, 2.45) is 17.3 Å². The summed E-state index contributed by atoms with van der Waals surface area (Å²) < 4.78 is 5.46. The van der Waals surface area contributed by atoms with Crippen molar-refractivity contribution >= 4 is 5.97 Å². The summed E-state index contributed by atoms with van der Waals surface area (Å²) in [6.45, 7) is 10.5. The molecule has 3 fully saturated rings. The minimum absolute atomic E-state index is 0.0853. The molecule has 2 saturated carbocycles. The Labute approximate surface area is 103 Å². The summed E-state index contributed by atoms with van der Waals surface area (Å²) in [4.78, 5) is 11.6. The van der Waals surface area contributed by atoms with E-state index in [1.54, 1.807) is 0 Å². The van der Waals surface area contributed by atoms with Crippen LogP contribution in [0.1, 0.15) is 39.0 Å². The van der Waals surface area contributed by atoms with E-state index in [0.29, 0.717) is 16.9 Å². The Morgan fingerprint density at radius 2 is 2.18 bits per heavy atom. The van der Waals surface area contributed by atoms with Crippen molar-refractivity contribution in [3.05, 3.63) is 24.3 Å². The predicted octanol–water partition coefficient (Wildman–Crippen LogP) is 3.24. The molecule has 0 bridgehead atoms. The lowest BCUT2D eigenvalue weighted by molar-refractivity contribution is -0.142. The average Bonchev–Trinajstić information content (AvgIpc) is 2.52. The molecule has 0 amide bonds. The second-order valence-corrected chi connectivity index (χ2v) is 6.23. The van der Waals surface area contributed by atoms with Gasteiger partial charge in [-0.2, -0.15) is 0 Å². The number of hydrogen-bond donors (Lipinski definition) is 0. The first-order valence-electron chi connectivity index (χ1n) is 6.59. The highest BCUT2D eigenvalue weighted by Gasteiger charge is 2.52. The summed E-state index contributed by atoms with van der Waals surface area (Å²) >= 11 is 0. The molecular weight excluding hydrogens is 212 g/mol. The zero-order valence-corrected chi connectivity index (χ0v) is 10.5. The van der Waals surface area contributed by atoms with Gasteiger partial charge in [0.2, 0.25) is 0 Å². The van der Waals surface area contributed by atoms with Crippen LogP contribution >= 0.6 is 0 Å². The molecule has 3 rings (SSSR count). The van der Waals surface area contributed by atoms with Crippen LogP contribution in [-0.2, 0) is 9.53 Å². The number of carbonyl (C=O) groups is 1. The number of carbonyl (C=O) groups excluding carboxylic acids is 1. The Kier molecular flexibility index (Phi) is 2.26. The monoisotopic (exact) mass is 232 g/mol. The van der Waals surface area contributed by atoms with E-state index in [2.05, 4.69) is 20.1 Å². The van der Waals surface area contributed by atoms with Crippen LogP contribution in [0.4, 0.5) is 0 Å². The molecule has 0 aromatic heterocycles. The van der Waals surface area contributed by atoms with E-state index in [4.69, 9.17) is 4.74 Å². The second kappa shape index (κ2) is 3.47. The zero-order valence-electron chi connectivity index (χ0n) is 10.5. The van der Waals surface area contributed by atoms with Crippen molar-refractivity contribution in [2.45, 2.75) is 45.1 Å². The maximum atomic E-state index is 11.6. The Balaban J connectivity index is 1.91. The lowest BCUT2D eigenvalue weighted by Crippen LogP contribution is -2.43. The first-order chi connectivity index (χ1) is 8.01. The van der Waals surface area contributed by atoms with E-state index in [9.17, 15) is 4.79 Å². The molecule has 2 aliphatic carbocycles. The average molecular weight is 232 g/mol. The van der Waals surface area contributed by atoms with Crippen molar-refractivity contribution in [3.63, 3.8) is 0 Å². The zero-order chi connectivity index (χ0) is 12.2. The molecule has 2 heteroatoms. The van der Waals surface area contributed by atoms with Crippen molar-refractivity contribution < 1.29 is 9.53 Å². The molecule has 1 heterocycles. The van der Waals surface area contributed by atoms with Crippen molar-refractivity contribution in [2.75, 3.05) is 0 Å². The van der Waals surface area contributed by atoms with Gasteiger partial charge in [-0.05, 0) is 43.4 Å². The largest absolute Gasteiger partial charge is 0.458 e. The van der Waals surface area contributed by atoms with Crippen LogP contribution in [0.3, 0.4) is 0 Å². The molecule has 4 atom stereocenters. The quantitative estimate of drug-likeness (QED) is 0.364. The number of ether oxygens (including phenoxy) is 1. The normalized spacial score (nSPS) is 45.2. The Morgan fingerprint density at radius 3 is 2.94 bits per heavy atom. The van der Waals surface area contributed by atoms with Gasteiger partial charge in [0.05, 0.1) is 0 Å². The lowest BCUT2D eigenvalue weighted by atomic mass is 9.56. The Morgan fingerprint density at radius 1 is 1.41 bits per heavy atom. The summed E-state index contributed by atoms with van der Waals surface area (Å²) in [6.07, 6.45) is 5.72. The highest BCUT2D eigenvalue weighted by atomic mass is 16.6. The highest BCUT2D eigenvalue weighted by Crippen LogP contribution is 2.56. The molecule has 92 valence electrons. The summed E-state index contributed by atoms with van der Waals surface area (Å²) in [6, 6.07) is 0. The van der Waals surface area contributed by atoms with E-state index in [1.165, 1.54) is 18.4 Å². The van der Waals surface area contributed by atoms with E-state index >= 15 is 0 Å². The van der Waals surface area contributed by atoms with Gasteiger partial charge in [0.1, 0.15) is 6.10 Å². The van der Waals surface area contributed by atoms with Gasteiger partial charge in [0.25, 0.3) is 0 Å². The summed E-state index contributed by atoms with van der Waals surface area (Å²) in [5, 5.41) is 0. The van der Waals surface area contributed by atoms with E-state index < -0.39 is 0 Å². The van der Waals surface area contributed by atoms with Crippen LogP contribution in [0.15, 0.2) is 24.3 Å². The topological polar surface area (TPSA) is 26.3 Å². The van der Waals surface area contributed by atoms with Gasteiger partial charge in [-0.3, -0.25) is 0 Å². The van der Waals surface area contributed by atoms with Crippen LogP contribution in [0, 0.1) is 17.3 Å². The number of esters is 1. The molecule has 0 unspecified atom stereocenters. The van der Waals surface area contributed by atoms with Crippen LogP contribution in [-0.4, -0.2) is 12.1 Å². The van der Waals surface area contributed by atoms with Crippen LogP contribution < -0.4 is 0 Å². The van der Waals surface area contributed by atoms with Crippen molar-refractivity contribution in [1.82, 2.24) is 0 Å². The molecule has 2 nitrogen and oxygen atoms in total. The number of allylic oxidation sites excluding steroid dienone is 1. The van der Waals surface area contributed by atoms with Gasteiger partial charge in [-0.25, -0.2) is 4.79 Å². The smallest absolute Gasteiger partial charge is 0.334 e. The minimum atomic E-state index is -0.173. The fourth-order valence-electron chi connectivity index (χ4n) is 4.12. The first-order valence-corrected chi connectivity index (χ1v) is 6.59. The Bertz CT molecular complexity index is 409. The number of hydrogen-bond acceptors (Lipinski definition) is 2. The SMILES string of the molecule is C=C1C(=O)O[C@H]2C[C@]3(C)CCCC(=C)[C@@H]3C[C@H]12. The van der Waals surface area contributed by atoms with E-state index in [1.807, 2.05) is 0 Å². The van der Waals surface area contributed by atoms with Gasteiger partial charge in [-0.15, -0.1) is 0 Å². The molecular formula is C15H20O2. The third-order valence-corrected chi connectivity index (χ3v) is 5.15. The standard InChI is InChI=1S/C15H20O2/c1-9-5-4-6-15(3)8-13-11(7-12(9)15)10(2)14(16)17-13/h11-13H,1-2,4-8H2,3H3/t11-,12+,13+,15+/m1/s1. The third-order valence-electron chi connectivity index (χ3n) is 5.15. The molecule has 0 aromatic carbocycles. The molecule has 17 heavy (non-hydrogen) atoms. The lowest BCUT2D eigenvalue weighted by Gasteiger charge is -2.49. The van der Waals surface area contributed by atoms with E-state index in [-0.39, 0.29) is 18.0 Å². The summed E-state index contributed by atoms with van der Waals surface area (Å²) in [5.41, 5.74) is 2.36. The molecule has 1 saturated heterocycles. The fraction of sp³-hybridized carbons (Fsp3) is 0.667. The molecule has 0 aromatic rings. The van der Waals surface area contributed by atoms with Crippen LogP contribution in [0.5, 0.6) is 0 Å². The fourth-order valence-corrected chi connectivity index (χ4v) is 4.12. The minimum Gasteiger partial charge on any atom is -0.458 e. The second-order valence-electron chi connectivity index (χ2n) is 6.23. The van der Waals surface area contributed by atoms with Gasteiger partial charge < -0.3 is 4.74 Å². The van der Waals surface area contributed by atoms with Gasteiger partial charge in [0.15, 0.2) is 0 Å². The molecule has 0 N–H and O–H groups in total. The highest BCUT2D eigenvalue weighted by molar-refractivity contribution is 5.90. The Hall–Kier alpha value is -1.05. The van der Waals surface area contributed by atoms with Gasteiger partial charge in [-0.1, -0.05) is 25.7 Å². The predicted molar refractivity (Wildman–Crippen MR) is 66.3 cm³/mol. The third kappa shape index (κ3) is 1.50. The number of rotatable bonds is 0. The van der Waals surface area contributed by atoms with Crippen LogP contribution in [0.25, 0.3) is 0 Å². The summed E-state index contributed by atoms with van der Waals surface area (Å²) in [7, 11) is 0. The maximum absolute atomic E-state index is 11.6. The number of fused-ring (bicyclic) bond motifs is 2. The van der Waals surface area contributed by atoms with Crippen molar-refractivity contribution in [3.8, 4) is 0 Å².